The standard InChI is InChI=1S/C29H37.C13H10.C5H5.2ClH.Zr/c1-18-25-22-17-19-13-9-10-14-20(19)24(22)21-15-11-12-16-23(21)29(25,8)28(6,7)27(4,5)26(18,2)3;1-3-7-12(8-4-1)11-13-9-5-2-6-10-13;1-2-4-5-3-1;;;/h9-11,13-15,23H,12,16-17H2,1-8H3;1-10H;1-5H;2*1H;/q;;;;;+2/p-2. The molecule has 3 heteroatoms. The van der Waals surface area contributed by atoms with E-state index < -0.39 is 21.3 Å². The summed E-state index contributed by atoms with van der Waals surface area (Å²) in [7, 11) is 0. The minimum atomic E-state index is -2.93. The number of hydrogen-bond acceptors (Lipinski definition) is 0. The van der Waals surface area contributed by atoms with Crippen LogP contribution < -0.4 is 24.8 Å². The van der Waals surface area contributed by atoms with Gasteiger partial charge < -0.3 is 24.8 Å². The quantitative estimate of drug-likeness (QED) is 0.290. The number of allylic oxidation sites excluding steroid dienone is 10. The predicted molar refractivity (Wildman–Crippen MR) is 202 cm³/mol. The zero-order valence-electron chi connectivity index (χ0n) is 31.1. The maximum atomic E-state index is 2.81. The first-order valence-electron chi connectivity index (χ1n) is 18.3. The first-order valence-corrected chi connectivity index (χ1v) is 22.2. The molecule has 3 atom stereocenters. The Morgan fingerprint density at radius 1 is 0.660 bits per heavy atom. The van der Waals surface area contributed by atoms with E-state index in [4.69, 9.17) is 0 Å². The summed E-state index contributed by atoms with van der Waals surface area (Å²) in [5, 5.41) is 0. The maximum Gasteiger partial charge on any atom is -1.00 e. The third-order valence-electron chi connectivity index (χ3n) is 15.2. The second kappa shape index (κ2) is 13.0. The van der Waals surface area contributed by atoms with Crippen molar-refractivity contribution < 1.29 is 46.1 Å². The number of halogens is 2. The molecule has 0 amide bonds. The number of benzene rings is 3. The van der Waals surface area contributed by atoms with Crippen molar-refractivity contribution in [1.29, 1.82) is 0 Å². The van der Waals surface area contributed by atoms with E-state index in [-0.39, 0.29) is 49.6 Å². The Bertz CT molecular complexity index is 1950. The number of hydrogen-bond donors (Lipinski definition) is 0. The molecule has 3 unspecified atom stereocenters. The van der Waals surface area contributed by atoms with Crippen LogP contribution in [0, 0.1) is 27.6 Å². The molecule has 0 N–H and O–H groups in total. The molecule has 1 fully saturated rings. The predicted octanol–water partition coefficient (Wildman–Crippen LogP) is 6.36. The Kier molecular flexibility index (Phi) is 9.72. The van der Waals surface area contributed by atoms with Gasteiger partial charge in [0, 0.05) is 0 Å². The Labute approximate surface area is 321 Å². The van der Waals surface area contributed by atoms with Gasteiger partial charge in [-0.25, -0.2) is 0 Å². The van der Waals surface area contributed by atoms with Crippen molar-refractivity contribution in [2.75, 3.05) is 0 Å². The topological polar surface area (TPSA) is 0 Å². The van der Waals surface area contributed by atoms with Gasteiger partial charge in [-0.15, -0.1) is 0 Å². The van der Waals surface area contributed by atoms with E-state index >= 15 is 0 Å². The molecule has 50 heavy (non-hydrogen) atoms. The van der Waals surface area contributed by atoms with Crippen LogP contribution in [0.1, 0.15) is 90.5 Å². The van der Waals surface area contributed by atoms with Crippen molar-refractivity contribution in [2.24, 2.45) is 27.6 Å². The molecule has 0 aliphatic heterocycles. The molecule has 3 aromatic rings. The molecule has 0 heterocycles. The van der Waals surface area contributed by atoms with Crippen molar-refractivity contribution in [3.05, 3.63) is 160 Å². The number of fused-ring (bicyclic) bond motifs is 6. The summed E-state index contributed by atoms with van der Waals surface area (Å²) in [6.45, 7) is 21.6. The molecule has 0 radical (unpaired) electrons. The molecule has 1 saturated carbocycles. The Hall–Kier alpha value is -2.31. The van der Waals surface area contributed by atoms with E-state index in [1.54, 1.807) is 19.9 Å². The van der Waals surface area contributed by atoms with E-state index in [2.05, 4.69) is 177 Å². The van der Waals surface area contributed by atoms with E-state index in [1.807, 2.05) is 5.57 Å². The van der Waals surface area contributed by atoms with Gasteiger partial charge in [-0.05, 0) is 0 Å². The molecule has 0 spiro atoms. The van der Waals surface area contributed by atoms with E-state index in [0.29, 0.717) is 9.54 Å². The summed E-state index contributed by atoms with van der Waals surface area (Å²) >= 11 is -2.93. The average molecular weight is 779 g/mol. The van der Waals surface area contributed by atoms with Gasteiger partial charge in [0.1, 0.15) is 0 Å². The fourth-order valence-electron chi connectivity index (χ4n) is 11.5. The van der Waals surface area contributed by atoms with Crippen LogP contribution in [0.25, 0.3) is 5.57 Å². The van der Waals surface area contributed by atoms with Crippen LogP contribution in [0.5, 0.6) is 0 Å². The Morgan fingerprint density at radius 2 is 1.22 bits per heavy atom. The second-order valence-corrected chi connectivity index (χ2v) is 24.4. The van der Waals surface area contributed by atoms with Gasteiger partial charge in [-0.3, -0.25) is 0 Å². The van der Waals surface area contributed by atoms with Crippen molar-refractivity contribution in [2.45, 2.75) is 81.4 Å². The largest absolute Gasteiger partial charge is 1.00 e. The summed E-state index contributed by atoms with van der Waals surface area (Å²) in [6.07, 6.45) is 18.4. The summed E-state index contributed by atoms with van der Waals surface area (Å²) in [5.74, 6) is 0.503. The molecule has 8 rings (SSSR count). The SMILES string of the molecule is CC12C(=C3Cc4ccccc4C3=C3C=CCCC31)[C](C)([Zr+2](=[C](c1ccccc1)c1ccccc1)[CH]1C=CC=C1)C(C)(C)C(C)(C)C2(C)C.[Cl-].[Cl-]. The Balaban J connectivity index is 0.00000216. The molecule has 0 aromatic heterocycles. The smallest absolute Gasteiger partial charge is 1.00 e. The molecule has 258 valence electrons. The monoisotopic (exact) mass is 776 g/mol. The zero-order valence-corrected chi connectivity index (χ0v) is 35.0. The average Bonchev–Trinajstić information content (AvgIpc) is 3.75. The molecule has 0 saturated heterocycles. The molecule has 0 nitrogen and oxygen atoms in total. The molecular formula is C47H52Cl2Zr. The number of rotatable bonds is 4. The van der Waals surface area contributed by atoms with E-state index in [9.17, 15) is 0 Å². The van der Waals surface area contributed by atoms with Crippen LogP contribution in [-0.2, 0) is 27.7 Å². The van der Waals surface area contributed by atoms with Gasteiger partial charge in [0.25, 0.3) is 0 Å². The van der Waals surface area contributed by atoms with E-state index in [0.717, 1.165) is 6.42 Å². The third kappa shape index (κ3) is 4.74. The minimum Gasteiger partial charge on any atom is -1.00 e. The second-order valence-electron chi connectivity index (χ2n) is 17.1. The van der Waals surface area contributed by atoms with Crippen LogP contribution in [-0.4, -0.2) is 3.21 Å². The van der Waals surface area contributed by atoms with Gasteiger partial charge in [-0.1, -0.05) is 0 Å². The fraction of sp³-hybridized carbons (Fsp3) is 0.383. The van der Waals surface area contributed by atoms with Crippen LogP contribution in [0.4, 0.5) is 0 Å². The van der Waals surface area contributed by atoms with Gasteiger partial charge in [-0.2, -0.15) is 0 Å². The van der Waals surface area contributed by atoms with Gasteiger partial charge >= 0.3 is 299 Å². The van der Waals surface area contributed by atoms with Crippen LogP contribution in [0.15, 0.2) is 138 Å². The summed E-state index contributed by atoms with van der Waals surface area (Å²) in [4.78, 5) is 0. The van der Waals surface area contributed by atoms with Crippen LogP contribution in [0.3, 0.4) is 0 Å². The van der Waals surface area contributed by atoms with Gasteiger partial charge in [0.05, 0.1) is 0 Å². The third-order valence-corrected chi connectivity index (χ3v) is 25.4. The normalized spacial score (nSPS) is 27.6. The van der Waals surface area contributed by atoms with Crippen LogP contribution >= 0.6 is 0 Å². The summed E-state index contributed by atoms with van der Waals surface area (Å²) in [6, 6.07) is 32.5. The van der Waals surface area contributed by atoms with Crippen molar-refractivity contribution in [1.82, 2.24) is 0 Å². The zero-order chi connectivity index (χ0) is 33.7. The first kappa shape index (κ1) is 37.5. The van der Waals surface area contributed by atoms with Gasteiger partial charge in [0.2, 0.25) is 0 Å². The van der Waals surface area contributed by atoms with Crippen molar-refractivity contribution >= 4 is 8.78 Å². The van der Waals surface area contributed by atoms with Gasteiger partial charge in [0.15, 0.2) is 0 Å². The fourth-order valence-corrected chi connectivity index (χ4v) is 23.1. The first-order chi connectivity index (χ1) is 22.9. The molecule has 0 bridgehead atoms. The Morgan fingerprint density at radius 3 is 1.82 bits per heavy atom. The summed E-state index contributed by atoms with van der Waals surface area (Å²) in [5.41, 5.74) is 12.8. The molecule has 5 aliphatic rings. The summed E-state index contributed by atoms with van der Waals surface area (Å²) < 4.78 is 2.16. The molecule has 5 aliphatic carbocycles. The maximum absolute atomic E-state index is 2.93. The van der Waals surface area contributed by atoms with Crippen LogP contribution in [0.2, 0.25) is 6.75 Å². The minimum absolute atomic E-state index is 0. The van der Waals surface area contributed by atoms with Crippen molar-refractivity contribution in [3.8, 4) is 0 Å². The van der Waals surface area contributed by atoms with E-state index in [1.165, 1.54) is 35.1 Å². The van der Waals surface area contributed by atoms with Crippen molar-refractivity contribution in [3.63, 3.8) is 0 Å². The molecular weight excluding hydrogens is 727 g/mol. The molecule has 3 aromatic carbocycles.